The van der Waals surface area contributed by atoms with Gasteiger partial charge in [0.2, 0.25) is 0 Å². The molecule has 0 aromatic carbocycles. The van der Waals surface area contributed by atoms with Gasteiger partial charge in [0.05, 0.1) is 0 Å². The first kappa shape index (κ1) is 12.0. The molecule has 1 aliphatic rings. The predicted molar refractivity (Wildman–Crippen MR) is 61.6 cm³/mol. The second kappa shape index (κ2) is 5.69. The van der Waals surface area contributed by atoms with E-state index in [2.05, 4.69) is 36.3 Å². The standard InChI is InChI=1S/C11H25N3/c1-12-7-5-11(13(2)3)10-6-8-14(4)9-10/h10-12H,5-9H2,1-4H3. The van der Waals surface area contributed by atoms with E-state index in [-0.39, 0.29) is 0 Å². The Morgan fingerprint density at radius 2 is 2.21 bits per heavy atom. The molecule has 0 amide bonds. The van der Waals surface area contributed by atoms with Gasteiger partial charge in [0.15, 0.2) is 0 Å². The zero-order chi connectivity index (χ0) is 10.6. The van der Waals surface area contributed by atoms with Gasteiger partial charge in [0.25, 0.3) is 0 Å². The van der Waals surface area contributed by atoms with Crippen molar-refractivity contribution >= 4 is 0 Å². The highest BCUT2D eigenvalue weighted by Crippen LogP contribution is 2.22. The lowest BCUT2D eigenvalue weighted by molar-refractivity contribution is 0.198. The van der Waals surface area contributed by atoms with Gasteiger partial charge in [-0.05, 0) is 60.0 Å². The van der Waals surface area contributed by atoms with Crippen LogP contribution in [0.4, 0.5) is 0 Å². The highest BCUT2D eigenvalue weighted by molar-refractivity contribution is 4.84. The van der Waals surface area contributed by atoms with E-state index in [1.54, 1.807) is 0 Å². The zero-order valence-electron chi connectivity index (χ0n) is 10.1. The minimum Gasteiger partial charge on any atom is -0.320 e. The minimum atomic E-state index is 0.743. The Balaban J connectivity index is 2.41. The van der Waals surface area contributed by atoms with Gasteiger partial charge >= 0.3 is 0 Å². The van der Waals surface area contributed by atoms with Crippen LogP contribution in [-0.4, -0.2) is 63.7 Å². The van der Waals surface area contributed by atoms with Gasteiger partial charge in [0.1, 0.15) is 0 Å². The lowest BCUT2D eigenvalue weighted by atomic mass is 9.95. The SMILES string of the molecule is CNCCC(C1CCN(C)C1)N(C)C. The zero-order valence-corrected chi connectivity index (χ0v) is 10.1. The van der Waals surface area contributed by atoms with Crippen LogP contribution in [0.25, 0.3) is 0 Å². The monoisotopic (exact) mass is 199 g/mol. The quantitative estimate of drug-likeness (QED) is 0.695. The summed E-state index contributed by atoms with van der Waals surface area (Å²) < 4.78 is 0. The van der Waals surface area contributed by atoms with Crippen molar-refractivity contribution < 1.29 is 0 Å². The lowest BCUT2D eigenvalue weighted by Crippen LogP contribution is -2.38. The smallest absolute Gasteiger partial charge is 0.0142 e. The molecule has 0 aromatic heterocycles. The number of rotatable bonds is 5. The Bertz CT molecular complexity index is 159. The van der Waals surface area contributed by atoms with Crippen molar-refractivity contribution in [1.82, 2.24) is 15.1 Å². The fraction of sp³-hybridized carbons (Fsp3) is 1.00. The van der Waals surface area contributed by atoms with E-state index in [9.17, 15) is 0 Å². The molecule has 2 atom stereocenters. The first-order chi connectivity index (χ1) is 6.65. The third-order valence-electron chi connectivity index (χ3n) is 3.33. The molecule has 1 fully saturated rings. The van der Waals surface area contributed by atoms with E-state index in [4.69, 9.17) is 0 Å². The van der Waals surface area contributed by atoms with E-state index in [1.165, 1.54) is 25.9 Å². The molecule has 1 heterocycles. The Hall–Kier alpha value is -0.120. The van der Waals surface area contributed by atoms with Crippen molar-refractivity contribution in [3.05, 3.63) is 0 Å². The van der Waals surface area contributed by atoms with E-state index in [1.807, 2.05) is 7.05 Å². The summed E-state index contributed by atoms with van der Waals surface area (Å²) in [5.41, 5.74) is 0. The van der Waals surface area contributed by atoms with Crippen LogP contribution in [0, 0.1) is 5.92 Å². The molecule has 1 N–H and O–H groups in total. The maximum atomic E-state index is 3.25. The maximum Gasteiger partial charge on any atom is 0.0142 e. The Labute approximate surface area is 88.5 Å². The van der Waals surface area contributed by atoms with E-state index in [0.29, 0.717) is 0 Å². The molecule has 1 saturated heterocycles. The average Bonchev–Trinajstić information content (AvgIpc) is 2.52. The van der Waals surface area contributed by atoms with E-state index in [0.717, 1.165) is 18.5 Å². The molecule has 14 heavy (non-hydrogen) atoms. The van der Waals surface area contributed by atoms with Crippen LogP contribution >= 0.6 is 0 Å². The second-order valence-corrected chi connectivity index (χ2v) is 4.73. The third-order valence-corrected chi connectivity index (χ3v) is 3.33. The van der Waals surface area contributed by atoms with Crippen molar-refractivity contribution in [3.63, 3.8) is 0 Å². The Morgan fingerprint density at radius 3 is 2.64 bits per heavy atom. The van der Waals surface area contributed by atoms with Crippen molar-refractivity contribution in [2.45, 2.75) is 18.9 Å². The normalized spacial score (nSPS) is 25.9. The highest BCUT2D eigenvalue weighted by Gasteiger charge is 2.28. The highest BCUT2D eigenvalue weighted by atomic mass is 15.2. The van der Waals surface area contributed by atoms with Crippen molar-refractivity contribution in [3.8, 4) is 0 Å². The first-order valence-corrected chi connectivity index (χ1v) is 5.64. The van der Waals surface area contributed by atoms with Gasteiger partial charge in [0, 0.05) is 12.6 Å². The predicted octanol–water partition coefficient (Wildman–Crippen LogP) is 0.478. The lowest BCUT2D eigenvalue weighted by Gasteiger charge is -2.29. The maximum absolute atomic E-state index is 3.25. The van der Waals surface area contributed by atoms with Gasteiger partial charge in [-0.1, -0.05) is 0 Å². The largest absolute Gasteiger partial charge is 0.320 e. The van der Waals surface area contributed by atoms with Gasteiger partial charge in [-0.25, -0.2) is 0 Å². The molecule has 1 aliphatic heterocycles. The van der Waals surface area contributed by atoms with Gasteiger partial charge in [-0.2, -0.15) is 0 Å². The Morgan fingerprint density at radius 1 is 1.50 bits per heavy atom. The molecule has 0 spiro atoms. The Kier molecular flexibility index (Phi) is 4.85. The molecule has 0 saturated carbocycles. The molecule has 0 aromatic rings. The van der Waals surface area contributed by atoms with Crippen molar-refractivity contribution in [2.75, 3.05) is 47.8 Å². The van der Waals surface area contributed by atoms with E-state index < -0.39 is 0 Å². The van der Waals surface area contributed by atoms with Crippen LogP contribution in [0.5, 0.6) is 0 Å². The number of nitrogens with zero attached hydrogens (tertiary/aromatic N) is 2. The second-order valence-electron chi connectivity index (χ2n) is 4.73. The molecule has 0 radical (unpaired) electrons. The summed E-state index contributed by atoms with van der Waals surface area (Å²) in [6.07, 6.45) is 2.63. The molecular weight excluding hydrogens is 174 g/mol. The molecule has 0 bridgehead atoms. The van der Waals surface area contributed by atoms with Crippen LogP contribution < -0.4 is 5.32 Å². The molecule has 84 valence electrons. The summed E-state index contributed by atoms with van der Waals surface area (Å²) in [7, 11) is 8.68. The molecule has 2 unspecified atom stereocenters. The summed E-state index contributed by atoms with van der Waals surface area (Å²) in [4.78, 5) is 4.84. The van der Waals surface area contributed by atoms with Crippen LogP contribution in [0.2, 0.25) is 0 Å². The molecule has 1 rings (SSSR count). The van der Waals surface area contributed by atoms with Crippen molar-refractivity contribution in [1.29, 1.82) is 0 Å². The number of nitrogens with one attached hydrogen (secondary N) is 1. The molecule has 0 aliphatic carbocycles. The first-order valence-electron chi connectivity index (χ1n) is 5.64. The minimum absolute atomic E-state index is 0.743. The summed E-state index contributed by atoms with van der Waals surface area (Å²) in [5, 5.41) is 3.25. The van der Waals surface area contributed by atoms with Crippen LogP contribution in [0.1, 0.15) is 12.8 Å². The summed E-state index contributed by atoms with van der Waals surface area (Å²) >= 11 is 0. The fourth-order valence-corrected chi connectivity index (χ4v) is 2.49. The van der Waals surface area contributed by atoms with Gasteiger partial charge < -0.3 is 15.1 Å². The van der Waals surface area contributed by atoms with E-state index >= 15 is 0 Å². The van der Waals surface area contributed by atoms with Crippen LogP contribution in [0.3, 0.4) is 0 Å². The summed E-state index contributed by atoms with van der Waals surface area (Å²) in [6, 6.07) is 0.743. The van der Waals surface area contributed by atoms with Crippen LogP contribution in [0.15, 0.2) is 0 Å². The summed E-state index contributed by atoms with van der Waals surface area (Å²) in [6.45, 7) is 3.67. The van der Waals surface area contributed by atoms with Crippen LogP contribution in [-0.2, 0) is 0 Å². The topological polar surface area (TPSA) is 18.5 Å². The number of hydrogen-bond acceptors (Lipinski definition) is 3. The van der Waals surface area contributed by atoms with Gasteiger partial charge in [-0.15, -0.1) is 0 Å². The fourth-order valence-electron chi connectivity index (χ4n) is 2.49. The average molecular weight is 199 g/mol. The van der Waals surface area contributed by atoms with Gasteiger partial charge in [-0.3, -0.25) is 0 Å². The molecule has 3 heteroatoms. The number of hydrogen-bond donors (Lipinski definition) is 1. The molecular formula is C11H25N3. The third kappa shape index (κ3) is 3.23. The van der Waals surface area contributed by atoms with Crippen molar-refractivity contribution in [2.24, 2.45) is 5.92 Å². The number of likely N-dealkylation sites (tertiary alicyclic amines) is 1. The summed E-state index contributed by atoms with van der Waals surface area (Å²) in [5.74, 6) is 0.864. The molecule has 3 nitrogen and oxygen atoms in total.